The van der Waals surface area contributed by atoms with Crippen LogP contribution in [0.3, 0.4) is 0 Å². The normalized spacial score (nSPS) is 9.96. The molecular formula is C19H20N2O5. The van der Waals surface area contributed by atoms with Gasteiger partial charge in [0.05, 0.1) is 24.8 Å². The van der Waals surface area contributed by atoms with Gasteiger partial charge in [-0.3, -0.25) is 0 Å². The summed E-state index contributed by atoms with van der Waals surface area (Å²) in [5, 5.41) is 5.35. The topological polar surface area (TPSA) is 93.7 Å². The van der Waals surface area contributed by atoms with E-state index in [0.717, 1.165) is 5.56 Å². The Hall–Kier alpha value is -3.35. The third kappa shape index (κ3) is 4.83. The van der Waals surface area contributed by atoms with Gasteiger partial charge >= 0.3 is 18.0 Å². The highest BCUT2D eigenvalue weighted by atomic mass is 16.5. The standard InChI is InChI=1S/C19H20N2O5/c1-4-26-18(23)13-7-9-15(10-8-13)20-19(24)21-16-11-14(17(22)25-3)6-5-12(16)2/h5-11H,4H2,1-3H3,(H2,20,21,24). The third-order valence-electron chi connectivity index (χ3n) is 3.56. The second-order valence-corrected chi connectivity index (χ2v) is 5.40. The van der Waals surface area contributed by atoms with Crippen LogP contribution in [0.4, 0.5) is 16.2 Å². The van der Waals surface area contributed by atoms with Crippen LogP contribution in [0.2, 0.25) is 0 Å². The van der Waals surface area contributed by atoms with Gasteiger partial charge in [-0.25, -0.2) is 14.4 Å². The molecule has 0 radical (unpaired) electrons. The number of rotatable bonds is 5. The molecule has 136 valence electrons. The van der Waals surface area contributed by atoms with Gasteiger partial charge in [0, 0.05) is 11.4 Å². The molecule has 0 atom stereocenters. The maximum atomic E-state index is 12.2. The van der Waals surface area contributed by atoms with Crippen molar-refractivity contribution in [2.24, 2.45) is 0 Å². The predicted molar refractivity (Wildman–Crippen MR) is 97.6 cm³/mol. The van der Waals surface area contributed by atoms with Gasteiger partial charge in [-0.05, 0) is 55.8 Å². The molecule has 2 aromatic carbocycles. The van der Waals surface area contributed by atoms with E-state index in [2.05, 4.69) is 15.4 Å². The van der Waals surface area contributed by atoms with E-state index < -0.39 is 18.0 Å². The molecule has 0 aliphatic rings. The van der Waals surface area contributed by atoms with Gasteiger partial charge < -0.3 is 20.1 Å². The predicted octanol–water partition coefficient (Wildman–Crippen LogP) is 3.60. The highest BCUT2D eigenvalue weighted by molar-refractivity contribution is 6.01. The zero-order chi connectivity index (χ0) is 19.1. The first kappa shape index (κ1) is 19.0. The maximum absolute atomic E-state index is 12.2. The highest BCUT2D eigenvalue weighted by Crippen LogP contribution is 2.18. The zero-order valence-electron chi connectivity index (χ0n) is 14.8. The number of esters is 2. The van der Waals surface area contributed by atoms with Crippen molar-refractivity contribution < 1.29 is 23.9 Å². The Morgan fingerprint density at radius 1 is 0.923 bits per heavy atom. The number of hydrogen-bond acceptors (Lipinski definition) is 5. The number of ether oxygens (including phenoxy) is 2. The minimum absolute atomic E-state index is 0.297. The van der Waals surface area contributed by atoms with Crippen molar-refractivity contribution in [2.75, 3.05) is 24.4 Å². The molecule has 7 heteroatoms. The van der Waals surface area contributed by atoms with Gasteiger partial charge in [-0.1, -0.05) is 6.07 Å². The van der Waals surface area contributed by atoms with Gasteiger partial charge in [-0.2, -0.15) is 0 Å². The molecule has 0 unspecified atom stereocenters. The number of carbonyl (C=O) groups is 3. The van der Waals surface area contributed by atoms with Gasteiger partial charge in [-0.15, -0.1) is 0 Å². The van der Waals surface area contributed by atoms with E-state index in [9.17, 15) is 14.4 Å². The fourth-order valence-electron chi connectivity index (χ4n) is 2.19. The van der Waals surface area contributed by atoms with E-state index in [1.54, 1.807) is 49.4 Å². The molecule has 0 bridgehead atoms. The number of urea groups is 1. The van der Waals surface area contributed by atoms with Crippen LogP contribution in [0.15, 0.2) is 42.5 Å². The highest BCUT2D eigenvalue weighted by Gasteiger charge is 2.11. The fourth-order valence-corrected chi connectivity index (χ4v) is 2.19. The molecule has 2 rings (SSSR count). The number of anilines is 2. The molecule has 2 aromatic rings. The van der Waals surface area contributed by atoms with Gasteiger partial charge in [0.1, 0.15) is 0 Å². The van der Waals surface area contributed by atoms with E-state index in [0.29, 0.717) is 29.1 Å². The molecule has 7 nitrogen and oxygen atoms in total. The number of methoxy groups -OCH3 is 1. The van der Waals surface area contributed by atoms with Crippen molar-refractivity contribution >= 4 is 29.3 Å². The lowest BCUT2D eigenvalue weighted by atomic mass is 10.1. The molecule has 0 saturated carbocycles. The number of benzene rings is 2. The summed E-state index contributed by atoms with van der Waals surface area (Å²) in [4.78, 5) is 35.4. The molecule has 2 amide bonds. The lowest BCUT2D eigenvalue weighted by molar-refractivity contribution is 0.0525. The molecule has 0 aliphatic heterocycles. The van der Waals surface area contributed by atoms with E-state index in [-0.39, 0.29) is 0 Å². The van der Waals surface area contributed by atoms with Crippen LogP contribution < -0.4 is 10.6 Å². The Morgan fingerprint density at radius 2 is 1.58 bits per heavy atom. The summed E-state index contributed by atoms with van der Waals surface area (Å²) in [6, 6.07) is 10.7. The van der Waals surface area contributed by atoms with Crippen LogP contribution in [0.5, 0.6) is 0 Å². The fraction of sp³-hybridized carbons (Fsp3) is 0.211. The number of aryl methyl sites for hydroxylation is 1. The summed E-state index contributed by atoms with van der Waals surface area (Å²) in [5.74, 6) is -0.901. The molecule has 0 saturated heterocycles. The average molecular weight is 356 g/mol. The van der Waals surface area contributed by atoms with Crippen LogP contribution in [-0.2, 0) is 9.47 Å². The first-order valence-corrected chi connectivity index (χ1v) is 7.98. The van der Waals surface area contributed by atoms with Crippen LogP contribution in [0.1, 0.15) is 33.2 Å². The van der Waals surface area contributed by atoms with Gasteiger partial charge in [0.25, 0.3) is 0 Å². The molecule has 26 heavy (non-hydrogen) atoms. The average Bonchev–Trinajstić information content (AvgIpc) is 2.63. The van der Waals surface area contributed by atoms with Crippen LogP contribution in [0, 0.1) is 6.92 Å². The number of amides is 2. The minimum Gasteiger partial charge on any atom is -0.465 e. The Bertz CT molecular complexity index is 815. The van der Waals surface area contributed by atoms with E-state index in [1.165, 1.54) is 7.11 Å². The van der Waals surface area contributed by atoms with Crippen molar-refractivity contribution in [2.45, 2.75) is 13.8 Å². The zero-order valence-corrected chi connectivity index (χ0v) is 14.8. The molecule has 0 fully saturated rings. The van der Waals surface area contributed by atoms with E-state index in [1.807, 2.05) is 6.92 Å². The summed E-state index contributed by atoms with van der Waals surface area (Å²) < 4.78 is 9.58. The molecule has 0 spiro atoms. The maximum Gasteiger partial charge on any atom is 0.338 e. The SMILES string of the molecule is CCOC(=O)c1ccc(NC(=O)Nc2cc(C(=O)OC)ccc2C)cc1. The van der Waals surface area contributed by atoms with Crippen LogP contribution in [0.25, 0.3) is 0 Å². The molecule has 0 aromatic heterocycles. The van der Waals surface area contributed by atoms with Crippen molar-refractivity contribution in [3.8, 4) is 0 Å². The number of nitrogens with one attached hydrogen (secondary N) is 2. The first-order chi connectivity index (χ1) is 12.4. The summed E-state index contributed by atoms with van der Waals surface area (Å²) in [7, 11) is 1.29. The molecule has 0 heterocycles. The second kappa shape index (κ2) is 8.66. The summed E-state index contributed by atoms with van der Waals surface area (Å²) in [5.41, 5.74) is 2.54. The Kier molecular flexibility index (Phi) is 6.32. The number of hydrogen-bond donors (Lipinski definition) is 2. The van der Waals surface area contributed by atoms with Crippen molar-refractivity contribution in [3.05, 3.63) is 59.2 Å². The van der Waals surface area contributed by atoms with Crippen LogP contribution in [-0.4, -0.2) is 31.7 Å². The quantitative estimate of drug-likeness (QED) is 0.798. The van der Waals surface area contributed by atoms with Crippen molar-refractivity contribution in [1.82, 2.24) is 0 Å². The lowest BCUT2D eigenvalue weighted by Crippen LogP contribution is -2.20. The molecule has 0 aliphatic carbocycles. The Balaban J connectivity index is 2.05. The van der Waals surface area contributed by atoms with Crippen molar-refractivity contribution in [1.29, 1.82) is 0 Å². The van der Waals surface area contributed by atoms with E-state index >= 15 is 0 Å². The largest absolute Gasteiger partial charge is 0.465 e. The Labute approximate surface area is 151 Å². The Morgan fingerprint density at radius 3 is 2.19 bits per heavy atom. The van der Waals surface area contributed by atoms with Crippen LogP contribution >= 0.6 is 0 Å². The monoisotopic (exact) mass is 356 g/mol. The summed E-state index contributed by atoms with van der Waals surface area (Å²) >= 11 is 0. The first-order valence-electron chi connectivity index (χ1n) is 7.98. The third-order valence-corrected chi connectivity index (χ3v) is 3.56. The van der Waals surface area contributed by atoms with Gasteiger partial charge in [0.2, 0.25) is 0 Å². The smallest absolute Gasteiger partial charge is 0.338 e. The van der Waals surface area contributed by atoms with E-state index in [4.69, 9.17) is 4.74 Å². The second-order valence-electron chi connectivity index (χ2n) is 5.40. The van der Waals surface area contributed by atoms with Crippen molar-refractivity contribution in [3.63, 3.8) is 0 Å². The minimum atomic E-state index is -0.483. The molecule has 2 N–H and O–H groups in total. The summed E-state index contributed by atoms with van der Waals surface area (Å²) in [6.07, 6.45) is 0. The summed E-state index contributed by atoms with van der Waals surface area (Å²) in [6.45, 7) is 3.84. The lowest BCUT2D eigenvalue weighted by Gasteiger charge is -2.11. The van der Waals surface area contributed by atoms with Gasteiger partial charge in [0.15, 0.2) is 0 Å². The molecular weight excluding hydrogens is 336 g/mol. The number of carbonyl (C=O) groups excluding carboxylic acids is 3.